The normalized spacial score (nSPS) is 19.9. The largest absolute Gasteiger partial charge is 0.490 e. The fourth-order valence-electron chi connectivity index (χ4n) is 2.19. The maximum absolute atomic E-state index is 11.8. The third-order valence-electron chi connectivity index (χ3n) is 3.22. The average molecular weight is 290 g/mol. The maximum atomic E-state index is 11.8. The van der Waals surface area contributed by atoms with Crippen LogP contribution in [0.1, 0.15) is 29.8 Å². The molecule has 0 bridgehead atoms. The lowest BCUT2D eigenvalue weighted by atomic mass is 10.0. The summed E-state index contributed by atoms with van der Waals surface area (Å²) in [6, 6.07) is 5.16. The Morgan fingerprint density at radius 1 is 1.57 bits per heavy atom. The predicted molar refractivity (Wildman–Crippen MR) is 75.6 cm³/mol. The molecule has 6 heteroatoms. The Morgan fingerprint density at radius 3 is 2.95 bits per heavy atom. The van der Waals surface area contributed by atoms with Gasteiger partial charge in [-0.1, -0.05) is 12.1 Å². The fourth-order valence-corrected chi connectivity index (χ4v) is 2.19. The van der Waals surface area contributed by atoms with Gasteiger partial charge in [0.25, 0.3) is 5.78 Å². The van der Waals surface area contributed by atoms with Crippen molar-refractivity contribution in [1.29, 1.82) is 0 Å². The molecule has 0 saturated carbocycles. The Labute approximate surface area is 123 Å². The smallest absolute Gasteiger partial charge is 0.328 e. The van der Waals surface area contributed by atoms with E-state index in [1.807, 2.05) is 13.8 Å². The molecule has 0 aliphatic carbocycles. The summed E-state index contributed by atoms with van der Waals surface area (Å²) in [5.74, 6) is -0.360. The highest BCUT2D eigenvalue weighted by Crippen LogP contribution is 2.25. The van der Waals surface area contributed by atoms with Crippen LogP contribution in [0.15, 0.2) is 18.2 Å². The van der Waals surface area contributed by atoms with E-state index in [9.17, 15) is 4.79 Å². The van der Waals surface area contributed by atoms with Crippen LogP contribution in [0.5, 0.6) is 5.75 Å². The highest BCUT2D eigenvalue weighted by molar-refractivity contribution is 6.34. The van der Waals surface area contributed by atoms with Crippen molar-refractivity contribution in [3.63, 3.8) is 0 Å². The minimum Gasteiger partial charge on any atom is -0.490 e. The highest BCUT2D eigenvalue weighted by Gasteiger charge is 2.33. The standard InChI is InChI=1S/C15H18N2O4/c1-10-12(13(18)7-17-16)5-4-6-14(10)19-8-11-9-20-15(2,3)21-11/h4-7,11H,8-9H2,1-3H3/t11-/m1/s1. The lowest BCUT2D eigenvalue weighted by Crippen LogP contribution is -2.25. The molecule has 1 aromatic carbocycles. The number of carbonyl (C=O) groups is 1. The molecule has 1 aliphatic heterocycles. The first-order chi connectivity index (χ1) is 9.93. The minimum atomic E-state index is -0.585. The van der Waals surface area contributed by atoms with Gasteiger partial charge in [0.2, 0.25) is 0 Å². The molecular formula is C15H18N2O4. The Bertz CT molecular complexity index is 591. The highest BCUT2D eigenvalue weighted by atomic mass is 16.7. The van der Waals surface area contributed by atoms with Crippen molar-refractivity contribution in [2.75, 3.05) is 13.2 Å². The van der Waals surface area contributed by atoms with E-state index in [1.165, 1.54) is 0 Å². The molecule has 2 rings (SSSR count). The Balaban J connectivity index is 2.06. The molecule has 0 radical (unpaired) electrons. The monoisotopic (exact) mass is 290 g/mol. The number of benzene rings is 1. The summed E-state index contributed by atoms with van der Waals surface area (Å²) in [6.45, 7) is 6.30. The molecule has 1 atom stereocenters. The van der Waals surface area contributed by atoms with Gasteiger partial charge in [0, 0.05) is 11.1 Å². The topological polar surface area (TPSA) is 81.2 Å². The zero-order chi connectivity index (χ0) is 15.5. The van der Waals surface area contributed by atoms with Crippen molar-refractivity contribution in [3.8, 4) is 5.75 Å². The first-order valence-corrected chi connectivity index (χ1v) is 6.69. The van der Waals surface area contributed by atoms with Crippen LogP contribution in [0.3, 0.4) is 0 Å². The number of hydrogen-bond donors (Lipinski definition) is 0. The van der Waals surface area contributed by atoms with Gasteiger partial charge in [-0.15, -0.1) is 0 Å². The van der Waals surface area contributed by atoms with Gasteiger partial charge in [0.15, 0.2) is 5.79 Å². The van der Waals surface area contributed by atoms with E-state index < -0.39 is 5.79 Å². The van der Waals surface area contributed by atoms with E-state index in [4.69, 9.17) is 19.7 Å². The van der Waals surface area contributed by atoms with Crippen LogP contribution in [-0.4, -0.2) is 41.9 Å². The molecular weight excluding hydrogens is 272 g/mol. The molecule has 0 unspecified atom stereocenters. The van der Waals surface area contributed by atoms with E-state index >= 15 is 0 Å². The lowest BCUT2D eigenvalue weighted by Gasteiger charge is -2.18. The summed E-state index contributed by atoms with van der Waals surface area (Å²) in [5.41, 5.74) is 9.58. The molecule has 1 saturated heterocycles. The van der Waals surface area contributed by atoms with Crippen LogP contribution in [0.2, 0.25) is 0 Å². The second-order valence-electron chi connectivity index (χ2n) is 5.30. The van der Waals surface area contributed by atoms with E-state index in [-0.39, 0.29) is 11.9 Å². The summed E-state index contributed by atoms with van der Waals surface area (Å²) in [4.78, 5) is 14.5. The fraction of sp³-hybridized carbons (Fsp3) is 0.467. The van der Waals surface area contributed by atoms with Crippen LogP contribution in [0, 0.1) is 6.92 Å². The van der Waals surface area contributed by atoms with E-state index in [1.54, 1.807) is 25.1 Å². The van der Waals surface area contributed by atoms with Gasteiger partial charge in [-0.2, -0.15) is 4.79 Å². The molecule has 112 valence electrons. The van der Waals surface area contributed by atoms with Crippen molar-refractivity contribution in [1.82, 2.24) is 0 Å². The van der Waals surface area contributed by atoms with E-state index in [2.05, 4.69) is 4.79 Å². The van der Waals surface area contributed by atoms with Gasteiger partial charge in [0.1, 0.15) is 18.5 Å². The molecule has 1 heterocycles. The summed E-state index contributed by atoms with van der Waals surface area (Å²) >= 11 is 0. The molecule has 0 amide bonds. The number of nitrogens with zero attached hydrogens (tertiary/aromatic N) is 2. The lowest BCUT2D eigenvalue weighted by molar-refractivity contribution is -0.141. The summed E-state index contributed by atoms with van der Waals surface area (Å²) < 4.78 is 16.8. The number of carbonyl (C=O) groups excluding carboxylic acids is 1. The van der Waals surface area contributed by atoms with Crippen molar-refractivity contribution in [3.05, 3.63) is 34.9 Å². The van der Waals surface area contributed by atoms with Crippen molar-refractivity contribution in [2.24, 2.45) is 0 Å². The molecule has 1 fully saturated rings. The second-order valence-corrected chi connectivity index (χ2v) is 5.30. The van der Waals surface area contributed by atoms with Crippen molar-refractivity contribution >= 4 is 12.0 Å². The van der Waals surface area contributed by atoms with Crippen LogP contribution in [0.25, 0.3) is 5.53 Å². The first kappa shape index (κ1) is 15.4. The zero-order valence-corrected chi connectivity index (χ0v) is 12.3. The quantitative estimate of drug-likeness (QED) is 0.359. The molecule has 0 spiro atoms. The van der Waals surface area contributed by atoms with Crippen molar-refractivity contribution < 1.29 is 23.8 Å². The second kappa shape index (κ2) is 6.18. The van der Waals surface area contributed by atoms with Gasteiger partial charge >= 0.3 is 6.21 Å². The molecule has 6 nitrogen and oxygen atoms in total. The molecule has 1 aromatic rings. The molecule has 0 aromatic heterocycles. The Hall–Kier alpha value is -2.01. The molecule has 0 N–H and O–H groups in total. The van der Waals surface area contributed by atoms with Gasteiger partial charge in [-0.3, -0.25) is 4.79 Å². The predicted octanol–water partition coefficient (Wildman–Crippen LogP) is 2.01. The average Bonchev–Trinajstić information content (AvgIpc) is 2.77. The number of rotatable bonds is 5. The van der Waals surface area contributed by atoms with E-state index in [0.717, 1.165) is 6.21 Å². The van der Waals surface area contributed by atoms with Crippen LogP contribution >= 0.6 is 0 Å². The van der Waals surface area contributed by atoms with Crippen LogP contribution < -0.4 is 4.74 Å². The Kier molecular flexibility index (Phi) is 4.53. The van der Waals surface area contributed by atoms with Gasteiger partial charge in [-0.25, -0.2) is 0 Å². The third kappa shape index (κ3) is 3.76. The SMILES string of the molecule is Cc1c(OC[C@@H]2COC(C)(C)O2)cccc1C(=O)C=[N+]=[N-]. The molecule has 1 aliphatic rings. The van der Waals surface area contributed by atoms with Gasteiger partial charge < -0.3 is 19.7 Å². The molecule has 21 heavy (non-hydrogen) atoms. The zero-order valence-electron chi connectivity index (χ0n) is 12.3. The van der Waals surface area contributed by atoms with Gasteiger partial charge in [-0.05, 0) is 26.8 Å². The van der Waals surface area contributed by atoms with Gasteiger partial charge in [0.05, 0.1) is 6.61 Å². The summed E-state index contributed by atoms with van der Waals surface area (Å²) in [6.07, 6.45) is 0.723. The number of hydrogen-bond acceptors (Lipinski definition) is 4. The van der Waals surface area contributed by atoms with Crippen molar-refractivity contribution in [2.45, 2.75) is 32.7 Å². The third-order valence-corrected chi connectivity index (χ3v) is 3.22. The number of ether oxygens (including phenoxy) is 3. The van der Waals surface area contributed by atoms with E-state index in [0.29, 0.717) is 30.1 Å². The summed E-state index contributed by atoms with van der Waals surface area (Å²) in [7, 11) is 0. The summed E-state index contributed by atoms with van der Waals surface area (Å²) in [5, 5.41) is 0. The number of Topliss-reactive ketones (excluding diaryl/α,β-unsaturated/α-hetero) is 1. The van der Waals surface area contributed by atoms with Crippen LogP contribution in [-0.2, 0) is 9.47 Å². The number of ketones is 1. The Morgan fingerprint density at radius 2 is 2.33 bits per heavy atom. The first-order valence-electron chi connectivity index (χ1n) is 6.69. The maximum Gasteiger partial charge on any atom is 0.328 e. The van der Waals surface area contributed by atoms with Crippen LogP contribution in [0.4, 0.5) is 0 Å². The minimum absolute atomic E-state index is 0.141.